The fourth-order valence-corrected chi connectivity index (χ4v) is 13.1. The number of aromatic nitrogens is 2. The third-order valence-corrected chi connectivity index (χ3v) is 14.9. The maximum absolute atomic E-state index is 11.2. The van der Waals surface area contributed by atoms with Gasteiger partial charge in [0, 0.05) is 0 Å². The zero-order valence-corrected chi connectivity index (χ0v) is 21.2. The number of aliphatic hydroxyl groups is 2. The summed E-state index contributed by atoms with van der Waals surface area (Å²) >= 11 is -2.58. The molecule has 4 nitrogen and oxygen atoms in total. The van der Waals surface area contributed by atoms with E-state index in [1.165, 1.54) is 45.0 Å². The van der Waals surface area contributed by atoms with Crippen molar-refractivity contribution < 1.29 is 32.5 Å². The topological polar surface area (TPSA) is 50.3 Å². The van der Waals surface area contributed by atoms with Gasteiger partial charge in [0.05, 0.1) is 0 Å². The molecule has 27 heavy (non-hydrogen) atoms. The summed E-state index contributed by atoms with van der Waals surface area (Å²) < 4.78 is 5.88. The molecule has 0 radical (unpaired) electrons. The molecule has 2 unspecified atom stereocenters. The van der Waals surface area contributed by atoms with Gasteiger partial charge in [-0.1, -0.05) is 0 Å². The second-order valence-electron chi connectivity index (χ2n) is 8.66. The van der Waals surface area contributed by atoms with Crippen LogP contribution in [-0.2, 0) is 22.3 Å². The minimum atomic E-state index is -2.58. The molecule has 2 atom stereocenters. The molecule has 0 aromatic carbocycles. The first-order valence-corrected chi connectivity index (χ1v) is 13.8. The van der Waals surface area contributed by atoms with Crippen molar-refractivity contribution in [1.29, 1.82) is 0 Å². The quantitative estimate of drug-likeness (QED) is 0.676. The molecular weight excluding hydrogens is 415 g/mol. The van der Waals surface area contributed by atoms with Crippen LogP contribution in [0, 0.1) is 55.4 Å². The van der Waals surface area contributed by atoms with Gasteiger partial charge in [0.15, 0.2) is 0 Å². The Labute approximate surface area is 173 Å². The Kier molecular flexibility index (Phi) is 6.72. The van der Waals surface area contributed by atoms with Crippen LogP contribution in [0.4, 0.5) is 0 Å². The average Bonchev–Trinajstić information content (AvgIpc) is 2.85. The van der Waals surface area contributed by atoms with E-state index in [1.54, 1.807) is 6.92 Å². The van der Waals surface area contributed by atoms with Gasteiger partial charge < -0.3 is 0 Å². The van der Waals surface area contributed by atoms with Crippen molar-refractivity contribution in [3.8, 4) is 0 Å². The third-order valence-electron chi connectivity index (χ3n) is 6.43. The van der Waals surface area contributed by atoms with Crippen LogP contribution in [0.1, 0.15) is 65.3 Å². The van der Waals surface area contributed by atoms with Crippen molar-refractivity contribution in [1.82, 2.24) is 5.02 Å². The van der Waals surface area contributed by atoms with Gasteiger partial charge in [-0.3, -0.25) is 0 Å². The summed E-state index contributed by atoms with van der Waals surface area (Å²) in [5.74, 6) is 0. The SMILES string of the molecule is Cc1c(C)c(C)[n]([Zr]([CH2]C(C)(O)CC(C)O)[n]2c(C)c(C)c(C)c2C)c1C. The van der Waals surface area contributed by atoms with Crippen LogP contribution >= 0.6 is 0 Å². The van der Waals surface area contributed by atoms with Crippen molar-refractivity contribution in [2.24, 2.45) is 0 Å². The fourth-order valence-electron chi connectivity index (χ4n) is 4.34. The summed E-state index contributed by atoms with van der Waals surface area (Å²) in [6.45, 7) is 21.3. The van der Waals surface area contributed by atoms with Crippen molar-refractivity contribution in [3.05, 3.63) is 45.0 Å². The molecule has 0 spiro atoms. The Morgan fingerprint density at radius 2 is 1.07 bits per heavy atom. The molecule has 2 heterocycles. The Hall–Kier alpha value is -0.637. The summed E-state index contributed by atoms with van der Waals surface area (Å²) in [4.78, 5) is 0. The zero-order valence-electron chi connectivity index (χ0n) is 18.8. The molecule has 2 N–H and O–H groups in total. The first-order valence-electron chi connectivity index (χ1n) is 9.87. The third kappa shape index (κ3) is 4.21. The van der Waals surface area contributed by atoms with Gasteiger partial charge in [-0.25, -0.2) is 0 Å². The number of hydrogen-bond donors (Lipinski definition) is 2. The molecule has 2 rings (SSSR count). The maximum atomic E-state index is 11.2. The Bertz CT molecular complexity index is 734. The molecule has 151 valence electrons. The molecule has 0 aliphatic carbocycles. The normalized spacial score (nSPS) is 15.1. The summed E-state index contributed by atoms with van der Waals surface area (Å²) in [7, 11) is 0. The Morgan fingerprint density at radius 3 is 1.33 bits per heavy atom. The predicted octanol–water partition coefficient (Wildman–Crippen LogP) is 4.54. The number of rotatable bonds is 6. The van der Waals surface area contributed by atoms with E-state index in [1.807, 2.05) is 6.92 Å². The van der Waals surface area contributed by atoms with Gasteiger partial charge in [-0.05, 0) is 0 Å². The molecule has 2 aromatic rings. The fraction of sp³-hybridized carbons (Fsp3) is 0.636. The van der Waals surface area contributed by atoms with Crippen LogP contribution in [-0.4, -0.2) is 26.9 Å². The molecule has 0 aliphatic heterocycles. The second kappa shape index (κ2) is 8.01. The van der Waals surface area contributed by atoms with Crippen LogP contribution in [0.2, 0.25) is 4.13 Å². The van der Waals surface area contributed by atoms with Gasteiger partial charge in [0.2, 0.25) is 0 Å². The van der Waals surface area contributed by atoms with E-state index in [-0.39, 0.29) is 0 Å². The van der Waals surface area contributed by atoms with Crippen LogP contribution in [0.3, 0.4) is 0 Å². The average molecular weight is 453 g/mol. The van der Waals surface area contributed by atoms with Crippen LogP contribution in [0.25, 0.3) is 0 Å². The molecule has 0 saturated heterocycles. The van der Waals surface area contributed by atoms with Crippen molar-refractivity contribution >= 4 is 0 Å². The van der Waals surface area contributed by atoms with Gasteiger partial charge >= 0.3 is 174 Å². The molecule has 0 bridgehead atoms. The molecule has 0 fully saturated rings. The zero-order chi connectivity index (χ0) is 20.8. The Balaban J connectivity index is 2.72. The molecule has 0 aliphatic rings. The van der Waals surface area contributed by atoms with E-state index < -0.39 is 34.0 Å². The predicted molar refractivity (Wildman–Crippen MR) is 109 cm³/mol. The van der Waals surface area contributed by atoms with Gasteiger partial charge in [-0.2, -0.15) is 0 Å². The van der Waals surface area contributed by atoms with Crippen molar-refractivity contribution in [2.75, 3.05) is 0 Å². The standard InChI is InChI=1S/2C8H12N.C6H13O2.Zr/c2*1-5-6(2)8(4)9-7(5)3;1-5(7)4-6(2,3)8;/h2*1-4H3;5,7-8H,2,4H2,1,3H3;/q2*-1;;+2. The summed E-state index contributed by atoms with van der Waals surface area (Å²) in [6.07, 6.45) is -0.0959. The minimum absolute atomic E-state index is 0.408. The molecule has 0 saturated carbocycles. The number of aliphatic hydroxyl groups excluding tert-OH is 1. The summed E-state index contributed by atoms with van der Waals surface area (Å²) in [5, 5.41) is 21.1. The van der Waals surface area contributed by atoms with E-state index in [0.29, 0.717) is 6.42 Å². The first-order chi connectivity index (χ1) is 12.3. The first kappa shape index (κ1) is 22.7. The van der Waals surface area contributed by atoms with Gasteiger partial charge in [0.1, 0.15) is 0 Å². The van der Waals surface area contributed by atoms with E-state index in [9.17, 15) is 10.2 Å². The Morgan fingerprint density at radius 1 is 0.778 bits per heavy atom. The summed E-state index contributed by atoms with van der Waals surface area (Å²) in [5.41, 5.74) is 9.87. The van der Waals surface area contributed by atoms with E-state index in [4.69, 9.17) is 0 Å². The monoisotopic (exact) mass is 451 g/mol. The van der Waals surface area contributed by atoms with Gasteiger partial charge in [0.25, 0.3) is 0 Å². The number of nitrogens with zero attached hydrogens (tertiary/aromatic N) is 2. The molecule has 2 aromatic heterocycles. The number of hydrogen-bond acceptors (Lipinski definition) is 2. The van der Waals surface area contributed by atoms with Crippen molar-refractivity contribution in [2.45, 2.75) is 91.5 Å². The molecule has 0 amide bonds. The van der Waals surface area contributed by atoms with Crippen LogP contribution < -0.4 is 0 Å². The van der Waals surface area contributed by atoms with Crippen LogP contribution in [0.15, 0.2) is 0 Å². The van der Waals surface area contributed by atoms with E-state index in [2.05, 4.69) is 60.4 Å². The van der Waals surface area contributed by atoms with E-state index >= 15 is 0 Å². The van der Waals surface area contributed by atoms with Crippen molar-refractivity contribution in [3.63, 3.8) is 0 Å². The van der Waals surface area contributed by atoms with Crippen LogP contribution in [0.5, 0.6) is 0 Å². The van der Waals surface area contributed by atoms with Gasteiger partial charge in [-0.15, -0.1) is 0 Å². The van der Waals surface area contributed by atoms with E-state index in [0.717, 1.165) is 4.13 Å². The molecule has 5 heteroatoms. The summed E-state index contributed by atoms with van der Waals surface area (Å²) in [6, 6.07) is 0. The molecular formula is C22H37N2O2Zr. The second-order valence-corrected chi connectivity index (χ2v) is 13.8.